The minimum atomic E-state index is -1.82. The largest absolute Gasteiger partial charge is 0.458 e. The number of hydrogen-bond acceptors (Lipinski definition) is 17. The first-order chi connectivity index (χ1) is 48.3. The van der Waals surface area contributed by atoms with Crippen molar-refractivity contribution in [3.05, 3.63) is 47.7 Å². The lowest BCUT2D eigenvalue weighted by Gasteiger charge is -2.33. The van der Waals surface area contributed by atoms with E-state index in [1.54, 1.807) is 113 Å². The van der Waals surface area contributed by atoms with Gasteiger partial charge in [-0.3, -0.25) is 62.3 Å². The Hall–Kier alpha value is -8.54. The second-order valence-electron chi connectivity index (χ2n) is 29.2. The van der Waals surface area contributed by atoms with Crippen LogP contribution in [0.4, 0.5) is 0 Å². The average molecular weight is 1450 g/mol. The van der Waals surface area contributed by atoms with E-state index in [0.717, 1.165) is 6.42 Å². The van der Waals surface area contributed by atoms with Gasteiger partial charge in [0.2, 0.25) is 70.9 Å². The molecule has 2 fully saturated rings. The van der Waals surface area contributed by atoms with Crippen molar-refractivity contribution in [2.45, 2.75) is 274 Å². The first-order valence-corrected chi connectivity index (χ1v) is 36.6. The number of amides is 13. The molecular formula is C73H120N14O16. The molecule has 0 bridgehead atoms. The molecule has 0 aliphatic carbocycles. The van der Waals surface area contributed by atoms with E-state index >= 15 is 4.79 Å². The topological polar surface area (TPSA) is 442 Å². The zero-order valence-electron chi connectivity index (χ0n) is 63.7. The molecule has 16 atom stereocenters. The maximum absolute atomic E-state index is 15.0. The van der Waals surface area contributed by atoms with E-state index in [0.29, 0.717) is 30.7 Å². The lowest BCUT2D eigenvalue weighted by Crippen LogP contribution is -2.64. The summed E-state index contributed by atoms with van der Waals surface area (Å²) in [5.41, 5.74) is 6.32. The first kappa shape index (κ1) is 88.7. The summed E-state index contributed by atoms with van der Waals surface area (Å²) >= 11 is 0. The van der Waals surface area contributed by atoms with Gasteiger partial charge in [0.15, 0.2) is 0 Å². The van der Waals surface area contributed by atoms with E-state index in [1.165, 1.54) is 38.7 Å². The van der Waals surface area contributed by atoms with Crippen molar-refractivity contribution in [1.29, 1.82) is 0 Å². The highest BCUT2D eigenvalue weighted by atomic mass is 16.5. The summed E-state index contributed by atoms with van der Waals surface area (Å²) in [5, 5.41) is 42.7. The number of cyclic esters (lactones) is 1. The molecule has 3 rings (SSSR count). The fraction of sp³-hybridized carbons (Fsp3) is 0.699. The Labute approximate surface area is 607 Å². The van der Waals surface area contributed by atoms with Gasteiger partial charge in [0, 0.05) is 19.4 Å². The van der Waals surface area contributed by atoms with Crippen LogP contribution in [0.25, 0.3) is 0 Å². The number of aliphatic hydroxyl groups excluding tert-OH is 1. The second kappa shape index (κ2) is 42.9. The molecule has 0 aromatic heterocycles. The van der Waals surface area contributed by atoms with Gasteiger partial charge in [-0.25, -0.2) is 4.79 Å². The maximum Gasteiger partial charge on any atom is 0.329 e. The van der Waals surface area contributed by atoms with Crippen LogP contribution in [0.3, 0.4) is 0 Å². The number of carbonyl (C=O) groups is 14. The molecule has 30 heteroatoms. The lowest BCUT2D eigenvalue weighted by atomic mass is 9.95. The van der Waals surface area contributed by atoms with Crippen LogP contribution in [-0.4, -0.2) is 191 Å². The monoisotopic (exact) mass is 1450 g/mol. The summed E-state index contributed by atoms with van der Waals surface area (Å²) in [4.78, 5) is 201. The third-order valence-electron chi connectivity index (χ3n) is 18.8. The Balaban J connectivity index is 1.97. The smallest absolute Gasteiger partial charge is 0.329 e. The van der Waals surface area contributed by atoms with Crippen molar-refractivity contribution in [3.8, 4) is 0 Å². The van der Waals surface area contributed by atoms with Crippen LogP contribution in [0.1, 0.15) is 188 Å². The van der Waals surface area contributed by atoms with Gasteiger partial charge in [0.1, 0.15) is 84.3 Å². The molecule has 0 saturated carbocycles. The Morgan fingerprint density at radius 3 is 1.77 bits per heavy atom. The highest BCUT2D eigenvalue weighted by Crippen LogP contribution is 2.23. The van der Waals surface area contributed by atoms with Gasteiger partial charge in [-0.1, -0.05) is 153 Å². The molecule has 1 aromatic rings. The molecule has 103 heavy (non-hydrogen) atoms. The predicted molar refractivity (Wildman–Crippen MR) is 386 cm³/mol. The molecule has 0 radical (unpaired) electrons. The number of hydrogen-bond donors (Lipinski definition) is 14. The molecule has 1 aromatic carbocycles. The molecule has 578 valence electrons. The van der Waals surface area contributed by atoms with Gasteiger partial charge in [-0.2, -0.15) is 0 Å². The number of nitrogens with two attached hydrogens (primary N) is 1. The molecule has 0 unspecified atom stereocenters. The summed E-state index contributed by atoms with van der Waals surface area (Å²) in [6, 6.07) is -7.64. The quantitative estimate of drug-likeness (QED) is 0.0356. The van der Waals surface area contributed by atoms with Crippen molar-refractivity contribution < 1.29 is 77.0 Å². The van der Waals surface area contributed by atoms with Crippen molar-refractivity contribution in [2.75, 3.05) is 13.1 Å². The third-order valence-corrected chi connectivity index (χ3v) is 18.8. The Morgan fingerprint density at radius 1 is 0.631 bits per heavy atom. The van der Waals surface area contributed by atoms with E-state index in [2.05, 4.69) is 63.8 Å². The van der Waals surface area contributed by atoms with Crippen molar-refractivity contribution in [2.24, 2.45) is 47.2 Å². The molecule has 0 spiro atoms. The van der Waals surface area contributed by atoms with Gasteiger partial charge in [-0.15, -0.1) is 0 Å². The van der Waals surface area contributed by atoms with Gasteiger partial charge in [0.05, 0.1) is 6.10 Å². The number of nitrogens with one attached hydrogen (secondary N) is 12. The highest BCUT2D eigenvalue weighted by molar-refractivity contribution is 6.03. The van der Waals surface area contributed by atoms with Gasteiger partial charge >= 0.3 is 5.97 Å². The maximum atomic E-state index is 15.0. The summed E-state index contributed by atoms with van der Waals surface area (Å²) in [6.07, 6.45) is 1.04. The normalized spacial score (nSPS) is 22.7. The zero-order chi connectivity index (χ0) is 77.9. The SMILES string of the molecule is C/C=C1\NC(=O)[C@H](Cc2ccccc2)NC(=O)[C@@H](C(C)C)NC(=O)[C@@H]([C@H](C)CC)NC(=O)[C@H](NC(=O)[C@H](NC(=O)[C@H](CCCN)NC(=O)[C@H]2CCCN2C(=O)[C@H](NC(=O)[C@H](C)NC(=O)[C@@H](NC(=O)[C@H](NC(=O)CCCC(C)C)C(C)C)[C@@H](C)O)C(C)C)[C@H](C)CC)[C@H](C)OC(=O)[C@H](C(C)C)NC1=O. The predicted octanol–water partition coefficient (Wildman–Crippen LogP) is 1.20. The number of allylic oxidation sites excluding steroid dienone is 1. The number of esters is 1. The fourth-order valence-electron chi connectivity index (χ4n) is 11.8. The van der Waals surface area contributed by atoms with Crippen LogP contribution < -0.4 is 69.5 Å². The Bertz CT molecular complexity index is 3110. The van der Waals surface area contributed by atoms with Gasteiger partial charge < -0.3 is 84.3 Å². The molecule has 2 aliphatic heterocycles. The number of likely N-dealkylation sites (tertiary alicyclic amines) is 1. The number of rotatable bonds is 32. The fourth-order valence-corrected chi connectivity index (χ4v) is 11.8. The van der Waals surface area contributed by atoms with Crippen molar-refractivity contribution >= 4 is 82.8 Å². The van der Waals surface area contributed by atoms with Crippen LogP contribution in [0, 0.1) is 41.4 Å². The first-order valence-electron chi connectivity index (χ1n) is 36.6. The van der Waals surface area contributed by atoms with Crippen LogP contribution in [-0.2, 0) is 78.3 Å². The molecule has 2 heterocycles. The van der Waals surface area contributed by atoms with Crippen molar-refractivity contribution in [1.82, 2.24) is 68.7 Å². The van der Waals surface area contributed by atoms with E-state index in [1.807, 2.05) is 13.8 Å². The van der Waals surface area contributed by atoms with Crippen LogP contribution in [0.2, 0.25) is 0 Å². The van der Waals surface area contributed by atoms with E-state index in [-0.39, 0.29) is 63.2 Å². The molecule has 15 N–H and O–H groups in total. The highest BCUT2D eigenvalue weighted by Gasteiger charge is 2.44. The molecular weight excluding hydrogens is 1330 g/mol. The average Bonchev–Trinajstić information content (AvgIpc) is 1.76. The number of aliphatic hydroxyl groups is 1. The number of nitrogens with zero attached hydrogens (tertiary/aromatic N) is 1. The van der Waals surface area contributed by atoms with Gasteiger partial charge in [-0.05, 0) is 113 Å². The Morgan fingerprint density at radius 2 is 1.21 bits per heavy atom. The van der Waals surface area contributed by atoms with Crippen molar-refractivity contribution in [3.63, 3.8) is 0 Å². The van der Waals surface area contributed by atoms with Crippen LogP contribution >= 0.6 is 0 Å². The lowest BCUT2D eigenvalue weighted by molar-refractivity contribution is -0.157. The summed E-state index contributed by atoms with van der Waals surface area (Å²) in [7, 11) is 0. The molecule has 13 amide bonds. The number of benzene rings is 1. The summed E-state index contributed by atoms with van der Waals surface area (Å²) in [6.45, 7) is 29.7. The standard InChI is InChI=1S/C73H120N14O16/c1-19-42(14)57(69(98)86-60-46(18)103-73(102)56(41(12)13)82-62(91)48(21-3)76-64(93)50(36-47-29-23-22-24-30-47)78-66(95)54(39(8)9)80-68(97)58(43(15)20-2)84-71(60)100)83-63(92)49(31-26-34-74)77-65(94)51-32-27-35-87(51)72(101)55(40(10)11)81-61(90)44(16)75-70(99)59(45(17)88)85-67(96)53(38(6)7)79-52(89)33-25-28-37(4)5/h21-24,29-30,37-46,49-51,53-60,88H,19-20,25-28,31-36,74H2,1-18H3,(H,75,99)(H,76,93)(H,77,94)(H,78,95)(H,79,89)(H,80,97)(H,81,90)(H,82,91)(H,83,92)(H,84,100)(H,85,96)(H,86,98)/b48-21-/t42-,43-,44+,45-,46+,49+,50+,51-,53-,54-,55-,56+,57-,58-,59+,60-/m1/s1. The molecule has 30 nitrogen and oxygen atoms in total. The number of ether oxygens (including phenoxy) is 1. The van der Waals surface area contributed by atoms with Crippen LogP contribution in [0.15, 0.2) is 42.1 Å². The van der Waals surface area contributed by atoms with Crippen LogP contribution in [0.5, 0.6) is 0 Å². The van der Waals surface area contributed by atoms with Gasteiger partial charge in [0.25, 0.3) is 5.91 Å². The molecule has 2 saturated heterocycles. The minimum Gasteiger partial charge on any atom is -0.458 e. The second-order valence-corrected chi connectivity index (χ2v) is 29.2. The summed E-state index contributed by atoms with van der Waals surface area (Å²) in [5.74, 6) is -14.5. The minimum absolute atomic E-state index is 0.0351. The summed E-state index contributed by atoms with van der Waals surface area (Å²) < 4.78 is 5.95. The third kappa shape index (κ3) is 27.2. The Kier molecular flexibility index (Phi) is 36.9. The van der Waals surface area contributed by atoms with E-state index in [4.69, 9.17) is 10.5 Å². The van der Waals surface area contributed by atoms with E-state index in [9.17, 15) is 67.4 Å². The number of carbonyl (C=O) groups excluding carboxylic acids is 14. The zero-order valence-corrected chi connectivity index (χ0v) is 63.7. The van der Waals surface area contributed by atoms with E-state index < -0.39 is 197 Å². The molecule has 2 aliphatic rings.